The number of carbonyl (C=O) groups is 1. The number of nitrogens with zero attached hydrogens (tertiary/aromatic N) is 3. The number of rotatable bonds is 3. The molecule has 0 spiro atoms. The fourth-order valence-electron chi connectivity index (χ4n) is 1.70. The quantitative estimate of drug-likeness (QED) is 0.755. The van der Waals surface area contributed by atoms with Gasteiger partial charge in [0.15, 0.2) is 5.13 Å². The molecule has 0 saturated heterocycles. The maximum atomic E-state index is 12.1. The van der Waals surface area contributed by atoms with E-state index in [0.717, 1.165) is 11.2 Å². The van der Waals surface area contributed by atoms with Crippen molar-refractivity contribution >= 4 is 45.0 Å². The van der Waals surface area contributed by atoms with Crippen LogP contribution in [0.15, 0.2) is 36.0 Å². The third-order valence-corrected chi connectivity index (χ3v) is 3.72. The second-order valence-electron chi connectivity index (χ2n) is 3.99. The molecule has 5 nitrogen and oxygen atoms in total. The van der Waals surface area contributed by atoms with Crippen LogP contribution >= 0.6 is 22.9 Å². The molecule has 100 valence electrons. The van der Waals surface area contributed by atoms with E-state index >= 15 is 0 Å². The SMILES string of the molecule is O=C(Nc1nc(CCl)cs1)c1ccc2nccnc2c1. The van der Waals surface area contributed by atoms with Gasteiger partial charge in [-0.2, -0.15) is 0 Å². The molecule has 3 aromatic rings. The molecule has 0 aliphatic heterocycles. The summed E-state index contributed by atoms with van der Waals surface area (Å²) in [5.74, 6) is 0.103. The van der Waals surface area contributed by atoms with Crippen molar-refractivity contribution in [3.8, 4) is 0 Å². The van der Waals surface area contributed by atoms with Crippen molar-refractivity contribution in [2.75, 3.05) is 5.32 Å². The molecule has 0 saturated carbocycles. The Morgan fingerprint density at radius 1 is 1.25 bits per heavy atom. The molecule has 0 unspecified atom stereocenters. The topological polar surface area (TPSA) is 67.8 Å². The molecule has 0 aliphatic rings. The summed E-state index contributed by atoms with van der Waals surface area (Å²) in [6, 6.07) is 5.18. The van der Waals surface area contributed by atoms with E-state index in [0.29, 0.717) is 22.1 Å². The number of carbonyl (C=O) groups excluding carboxylic acids is 1. The van der Waals surface area contributed by atoms with Crippen molar-refractivity contribution < 1.29 is 4.79 Å². The van der Waals surface area contributed by atoms with E-state index in [-0.39, 0.29) is 5.91 Å². The van der Waals surface area contributed by atoms with Gasteiger partial charge >= 0.3 is 0 Å². The summed E-state index contributed by atoms with van der Waals surface area (Å²) in [6.45, 7) is 0. The van der Waals surface area contributed by atoms with E-state index in [1.807, 2.05) is 5.38 Å². The predicted octanol–water partition coefficient (Wildman–Crippen LogP) is 3.08. The summed E-state index contributed by atoms with van der Waals surface area (Å²) < 4.78 is 0. The van der Waals surface area contributed by atoms with Gasteiger partial charge in [0, 0.05) is 23.3 Å². The first kappa shape index (κ1) is 13.0. The highest BCUT2D eigenvalue weighted by atomic mass is 35.5. The largest absolute Gasteiger partial charge is 0.298 e. The van der Waals surface area contributed by atoms with E-state index < -0.39 is 0 Å². The number of anilines is 1. The van der Waals surface area contributed by atoms with Crippen LogP contribution in [-0.2, 0) is 5.88 Å². The maximum Gasteiger partial charge on any atom is 0.257 e. The highest BCUT2D eigenvalue weighted by Gasteiger charge is 2.10. The molecule has 7 heteroatoms. The number of amides is 1. The number of hydrogen-bond donors (Lipinski definition) is 1. The van der Waals surface area contributed by atoms with E-state index in [2.05, 4.69) is 20.3 Å². The first-order valence-corrected chi connectivity index (χ1v) is 7.20. The molecule has 2 heterocycles. The first-order valence-electron chi connectivity index (χ1n) is 5.79. The summed E-state index contributed by atoms with van der Waals surface area (Å²) in [7, 11) is 0. The van der Waals surface area contributed by atoms with Gasteiger partial charge in [0.2, 0.25) is 0 Å². The van der Waals surface area contributed by atoms with E-state index in [1.165, 1.54) is 11.3 Å². The van der Waals surface area contributed by atoms with E-state index in [4.69, 9.17) is 11.6 Å². The fraction of sp³-hybridized carbons (Fsp3) is 0.0769. The van der Waals surface area contributed by atoms with Crippen LogP contribution < -0.4 is 5.32 Å². The lowest BCUT2D eigenvalue weighted by atomic mass is 10.2. The van der Waals surface area contributed by atoms with Gasteiger partial charge < -0.3 is 0 Å². The number of alkyl halides is 1. The number of thiazole rings is 1. The fourth-order valence-corrected chi connectivity index (χ4v) is 2.63. The average Bonchev–Trinajstić information content (AvgIpc) is 2.94. The summed E-state index contributed by atoms with van der Waals surface area (Å²) in [5, 5.41) is 5.09. The highest BCUT2D eigenvalue weighted by Crippen LogP contribution is 2.18. The highest BCUT2D eigenvalue weighted by molar-refractivity contribution is 7.14. The van der Waals surface area contributed by atoms with Crippen molar-refractivity contribution in [3.63, 3.8) is 0 Å². The minimum atomic E-state index is -0.229. The van der Waals surface area contributed by atoms with E-state index in [1.54, 1.807) is 30.6 Å². The molecular weight excluding hydrogens is 296 g/mol. The Kier molecular flexibility index (Phi) is 3.58. The molecule has 20 heavy (non-hydrogen) atoms. The molecule has 0 atom stereocenters. The molecule has 2 aromatic heterocycles. The third kappa shape index (κ3) is 2.61. The first-order chi connectivity index (χ1) is 9.76. The zero-order valence-electron chi connectivity index (χ0n) is 10.2. The molecule has 0 fully saturated rings. The molecule has 0 bridgehead atoms. The monoisotopic (exact) mass is 304 g/mol. The second-order valence-corrected chi connectivity index (χ2v) is 5.12. The summed E-state index contributed by atoms with van der Waals surface area (Å²) in [4.78, 5) is 24.6. The van der Waals surface area contributed by atoms with Gasteiger partial charge in [0.1, 0.15) is 0 Å². The third-order valence-electron chi connectivity index (χ3n) is 2.64. The van der Waals surface area contributed by atoms with Crippen LogP contribution in [0.3, 0.4) is 0 Å². The Balaban J connectivity index is 1.84. The van der Waals surface area contributed by atoms with Crippen molar-refractivity contribution in [1.82, 2.24) is 15.0 Å². The predicted molar refractivity (Wildman–Crippen MR) is 79.2 cm³/mol. The van der Waals surface area contributed by atoms with Gasteiger partial charge in [0.25, 0.3) is 5.91 Å². The summed E-state index contributed by atoms with van der Waals surface area (Å²) in [5.41, 5.74) is 2.69. The van der Waals surface area contributed by atoms with Gasteiger partial charge in [-0.25, -0.2) is 4.98 Å². The van der Waals surface area contributed by atoms with Gasteiger partial charge in [0.05, 0.1) is 22.6 Å². The lowest BCUT2D eigenvalue weighted by Crippen LogP contribution is -2.11. The number of aromatic nitrogens is 3. The van der Waals surface area contributed by atoms with Crippen molar-refractivity contribution in [3.05, 3.63) is 47.2 Å². The zero-order chi connectivity index (χ0) is 13.9. The van der Waals surface area contributed by atoms with Crippen LogP contribution in [0.2, 0.25) is 0 Å². The average molecular weight is 305 g/mol. The van der Waals surface area contributed by atoms with Crippen molar-refractivity contribution in [2.24, 2.45) is 0 Å². The molecule has 1 amide bonds. The van der Waals surface area contributed by atoms with Gasteiger partial charge in [-0.1, -0.05) is 0 Å². The number of fused-ring (bicyclic) bond motifs is 1. The molecule has 0 radical (unpaired) electrons. The number of halogens is 1. The molecule has 1 N–H and O–H groups in total. The summed E-state index contributed by atoms with van der Waals surface area (Å²) >= 11 is 7.02. The number of benzene rings is 1. The Morgan fingerprint density at radius 2 is 2.05 bits per heavy atom. The zero-order valence-corrected chi connectivity index (χ0v) is 11.8. The van der Waals surface area contributed by atoms with Gasteiger partial charge in [-0.3, -0.25) is 20.1 Å². The minimum Gasteiger partial charge on any atom is -0.298 e. The smallest absolute Gasteiger partial charge is 0.257 e. The van der Waals surface area contributed by atoms with Crippen molar-refractivity contribution in [2.45, 2.75) is 5.88 Å². The number of hydrogen-bond acceptors (Lipinski definition) is 5. The molecular formula is C13H9ClN4OS. The van der Waals surface area contributed by atoms with Crippen LogP contribution in [0.25, 0.3) is 11.0 Å². The van der Waals surface area contributed by atoms with E-state index in [9.17, 15) is 4.79 Å². The Labute approximate surface area is 123 Å². The van der Waals surface area contributed by atoms with Crippen molar-refractivity contribution in [1.29, 1.82) is 0 Å². The maximum absolute atomic E-state index is 12.1. The molecule has 1 aromatic carbocycles. The summed E-state index contributed by atoms with van der Waals surface area (Å²) in [6.07, 6.45) is 3.21. The van der Waals surface area contributed by atoms with Crippen LogP contribution in [-0.4, -0.2) is 20.9 Å². The second kappa shape index (κ2) is 5.52. The van der Waals surface area contributed by atoms with Crippen LogP contribution in [0.5, 0.6) is 0 Å². The van der Waals surface area contributed by atoms with Gasteiger partial charge in [-0.15, -0.1) is 22.9 Å². The molecule has 0 aliphatic carbocycles. The Hall–Kier alpha value is -2.05. The lowest BCUT2D eigenvalue weighted by molar-refractivity contribution is 0.102. The van der Waals surface area contributed by atoms with Crippen LogP contribution in [0.4, 0.5) is 5.13 Å². The normalized spacial score (nSPS) is 10.7. The molecule has 3 rings (SSSR count). The Bertz CT molecular complexity index is 774. The van der Waals surface area contributed by atoms with Gasteiger partial charge in [-0.05, 0) is 18.2 Å². The Morgan fingerprint density at radius 3 is 2.80 bits per heavy atom. The number of nitrogens with one attached hydrogen (secondary N) is 1. The minimum absolute atomic E-state index is 0.229. The van der Waals surface area contributed by atoms with Crippen LogP contribution in [0.1, 0.15) is 16.1 Å². The van der Waals surface area contributed by atoms with Crippen LogP contribution in [0, 0.1) is 0 Å². The standard InChI is InChI=1S/C13H9ClN4OS/c14-6-9-7-20-13(17-9)18-12(19)8-1-2-10-11(5-8)16-4-3-15-10/h1-5,7H,6H2,(H,17,18,19). The lowest BCUT2D eigenvalue weighted by Gasteiger charge is -2.02.